The van der Waals surface area contributed by atoms with E-state index in [9.17, 15) is 0 Å². The van der Waals surface area contributed by atoms with Gasteiger partial charge in [0.1, 0.15) is 6.61 Å². The number of benzene rings is 3. The lowest BCUT2D eigenvalue weighted by molar-refractivity contribution is 0.284. The minimum absolute atomic E-state index is 0.368. The predicted molar refractivity (Wildman–Crippen MR) is 126 cm³/mol. The van der Waals surface area contributed by atoms with E-state index in [1.807, 2.05) is 36.4 Å². The molecule has 0 bridgehead atoms. The molecular formula is C23H21Cl4NO2. The van der Waals surface area contributed by atoms with Gasteiger partial charge in [0.25, 0.3) is 0 Å². The second-order valence-electron chi connectivity index (χ2n) is 6.68. The molecule has 0 radical (unpaired) electrons. The maximum atomic E-state index is 6.22. The highest BCUT2D eigenvalue weighted by Gasteiger charge is 2.08. The topological polar surface area (TPSA) is 30.5 Å². The van der Waals surface area contributed by atoms with Gasteiger partial charge in [0.05, 0.1) is 17.2 Å². The lowest BCUT2D eigenvalue weighted by Crippen LogP contribution is -2.16. The van der Waals surface area contributed by atoms with Gasteiger partial charge in [0, 0.05) is 16.6 Å². The van der Waals surface area contributed by atoms with E-state index in [1.165, 1.54) is 0 Å². The Hall–Kier alpha value is -1.62. The Balaban J connectivity index is 1.53. The molecule has 0 saturated heterocycles. The highest BCUT2D eigenvalue weighted by molar-refractivity contribution is 6.42. The first-order chi connectivity index (χ1) is 14.5. The Bertz CT molecular complexity index is 1010. The quantitative estimate of drug-likeness (QED) is 0.325. The Kier molecular flexibility index (Phi) is 8.55. The molecule has 0 fully saturated rings. The summed E-state index contributed by atoms with van der Waals surface area (Å²) in [5.74, 6) is 1.34. The van der Waals surface area contributed by atoms with Crippen LogP contribution < -0.4 is 14.8 Å². The molecule has 3 rings (SSSR count). The molecule has 1 N–H and O–H groups in total. The van der Waals surface area contributed by atoms with E-state index in [0.717, 1.165) is 29.7 Å². The molecule has 7 heteroatoms. The Morgan fingerprint density at radius 2 is 1.57 bits per heavy atom. The van der Waals surface area contributed by atoms with E-state index in [1.54, 1.807) is 25.3 Å². The van der Waals surface area contributed by atoms with Crippen LogP contribution in [0.15, 0.2) is 54.6 Å². The minimum atomic E-state index is 0.368. The van der Waals surface area contributed by atoms with Crippen LogP contribution in [0.4, 0.5) is 0 Å². The summed E-state index contributed by atoms with van der Waals surface area (Å²) in [5, 5.41) is 5.78. The summed E-state index contributed by atoms with van der Waals surface area (Å²) >= 11 is 24.2. The largest absolute Gasteiger partial charge is 0.493 e. The van der Waals surface area contributed by atoms with Crippen molar-refractivity contribution in [2.75, 3.05) is 13.7 Å². The number of hydrogen-bond acceptors (Lipinski definition) is 3. The standard InChI is InChI=1S/C23H21Cl4NO2/c1-29-23-11-15(13-28-9-8-17-4-5-18(24)12-20(17)26)3-7-22(23)30-14-16-2-6-19(25)21(27)10-16/h2-7,10-12,28H,8-9,13-14H2,1H3. The average molecular weight is 485 g/mol. The Labute approximate surface area is 196 Å². The zero-order valence-electron chi connectivity index (χ0n) is 16.4. The molecule has 0 heterocycles. The highest BCUT2D eigenvalue weighted by atomic mass is 35.5. The van der Waals surface area contributed by atoms with Gasteiger partial charge in [-0.2, -0.15) is 0 Å². The second-order valence-corrected chi connectivity index (χ2v) is 8.34. The first-order valence-corrected chi connectivity index (χ1v) is 10.9. The van der Waals surface area contributed by atoms with Gasteiger partial charge in [-0.3, -0.25) is 0 Å². The summed E-state index contributed by atoms with van der Waals surface area (Å²) in [6.07, 6.45) is 0.817. The van der Waals surface area contributed by atoms with Crippen molar-refractivity contribution in [2.24, 2.45) is 0 Å². The molecule has 30 heavy (non-hydrogen) atoms. The maximum Gasteiger partial charge on any atom is 0.161 e. The van der Waals surface area contributed by atoms with Gasteiger partial charge >= 0.3 is 0 Å². The van der Waals surface area contributed by atoms with Crippen LogP contribution in [-0.2, 0) is 19.6 Å². The van der Waals surface area contributed by atoms with Gasteiger partial charge < -0.3 is 14.8 Å². The predicted octanol–water partition coefficient (Wildman–Crippen LogP) is 7.22. The van der Waals surface area contributed by atoms with Crippen LogP contribution in [0.3, 0.4) is 0 Å². The molecule has 0 aliphatic carbocycles. The molecule has 0 amide bonds. The van der Waals surface area contributed by atoms with Gasteiger partial charge in [-0.25, -0.2) is 0 Å². The number of halogens is 4. The number of methoxy groups -OCH3 is 1. The van der Waals surface area contributed by atoms with Crippen molar-refractivity contribution >= 4 is 46.4 Å². The molecule has 3 nitrogen and oxygen atoms in total. The van der Waals surface area contributed by atoms with Crippen LogP contribution in [-0.4, -0.2) is 13.7 Å². The zero-order valence-corrected chi connectivity index (χ0v) is 19.4. The van der Waals surface area contributed by atoms with Crippen molar-refractivity contribution in [3.8, 4) is 11.5 Å². The molecule has 0 spiro atoms. The molecule has 0 aliphatic rings. The smallest absolute Gasteiger partial charge is 0.161 e. The molecule has 0 unspecified atom stereocenters. The minimum Gasteiger partial charge on any atom is -0.493 e. The first-order valence-electron chi connectivity index (χ1n) is 9.34. The van der Waals surface area contributed by atoms with Crippen LogP contribution >= 0.6 is 46.4 Å². The van der Waals surface area contributed by atoms with Crippen LogP contribution in [0.1, 0.15) is 16.7 Å². The van der Waals surface area contributed by atoms with Crippen molar-refractivity contribution in [3.05, 3.63) is 91.4 Å². The van der Waals surface area contributed by atoms with Gasteiger partial charge in [0.15, 0.2) is 11.5 Å². The van der Waals surface area contributed by atoms with E-state index in [0.29, 0.717) is 44.7 Å². The summed E-state index contributed by atoms with van der Waals surface area (Å²) < 4.78 is 11.4. The normalized spacial score (nSPS) is 10.8. The van der Waals surface area contributed by atoms with Gasteiger partial charge in [-0.15, -0.1) is 0 Å². The molecule has 0 aromatic heterocycles. The Morgan fingerprint density at radius 1 is 0.767 bits per heavy atom. The SMILES string of the molecule is COc1cc(CNCCc2ccc(Cl)cc2Cl)ccc1OCc1ccc(Cl)c(Cl)c1. The third-order valence-corrected chi connectivity index (χ3v) is 5.85. The summed E-state index contributed by atoms with van der Waals surface area (Å²) in [5.41, 5.74) is 3.09. The molecular weight excluding hydrogens is 464 g/mol. The Morgan fingerprint density at radius 3 is 2.30 bits per heavy atom. The summed E-state index contributed by atoms with van der Waals surface area (Å²) in [6.45, 7) is 1.86. The van der Waals surface area contributed by atoms with Crippen LogP contribution in [0.2, 0.25) is 20.1 Å². The van der Waals surface area contributed by atoms with Crippen molar-refractivity contribution < 1.29 is 9.47 Å². The second kappa shape index (κ2) is 11.1. The monoisotopic (exact) mass is 483 g/mol. The fraction of sp³-hybridized carbons (Fsp3) is 0.217. The van der Waals surface area contributed by atoms with E-state index in [2.05, 4.69) is 5.32 Å². The van der Waals surface area contributed by atoms with Crippen LogP contribution in [0.25, 0.3) is 0 Å². The number of rotatable bonds is 9. The zero-order chi connectivity index (χ0) is 21.5. The third kappa shape index (κ3) is 6.44. The van der Waals surface area contributed by atoms with E-state index < -0.39 is 0 Å². The fourth-order valence-electron chi connectivity index (χ4n) is 2.91. The average Bonchev–Trinajstić information content (AvgIpc) is 2.73. The number of ether oxygens (including phenoxy) is 2. The third-order valence-electron chi connectivity index (χ3n) is 4.52. The summed E-state index contributed by atoms with van der Waals surface area (Å²) in [4.78, 5) is 0. The van der Waals surface area contributed by atoms with E-state index in [4.69, 9.17) is 55.9 Å². The molecule has 0 aliphatic heterocycles. The van der Waals surface area contributed by atoms with Crippen molar-refractivity contribution in [1.29, 1.82) is 0 Å². The molecule has 0 saturated carbocycles. The molecule has 3 aromatic rings. The fourth-order valence-corrected chi connectivity index (χ4v) is 3.74. The highest BCUT2D eigenvalue weighted by Crippen LogP contribution is 2.30. The lowest BCUT2D eigenvalue weighted by atomic mass is 10.1. The van der Waals surface area contributed by atoms with Gasteiger partial charge in [-0.1, -0.05) is 64.6 Å². The summed E-state index contributed by atoms with van der Waals surface area (Å²) in [6, 6.07) is 16.9. The van der Waals surface area contributed by atoms with E-state index >= 15 is 0 Å². The molecule has 3 aromatic carbocycles. The molecule has 0 atom stereocenters. The van der Waals surface area contributed by atoms with Crippen molar-refractivity contribution in [2.45, 2.75) is 19.6 Å². The number of hydrogen-bond donors (Lipinski definition) is 1. The van der Waals surface area contributed by atoms with Crippen LogP contribution in [0.5, 0.6) is 11.5 Å². The summed E-state index contributed by atoms with van der Waals surface area (Å²) in [7, 11) is 1.63. The van der Waals surface area contributed by atoms with Gasteiger partial charge in [0.2, 0.25) is 0 Å². The number of nitrogens with one attached hydrogen (secondary N) is 1. The van der Waals surface area contributed by atoms with Gasteiger partial charge in [-0.05, 0) is 66.1 Å². The lowest BCUT2D eigenvalue weighted by Gasteiger charge is -2.13. The van der Waals surface area contributed by atoms with E-state index in [-0.39, 0.29) is 0 Å². The molecule has 158 valence electrons. The van der Waals surface area contributed by atoms with Crippen molar-refractivity contribution in [1.82, 2.24) is 5.32 Å². The first kappa shape index (κ1) is 23.1. The van der Waals surface area contributed by atoms with Crippen molar-refractivity contribution in [3.63, 3.8) is 0 Å². The van der Waals surface area contributed by atoms with Crippen LogP contribution in [0, 0.1) is 0 Å². The maximum absolute atomic E-state index is 6.22.